The van der Waals surface area contributed by atoms with Gasteiger partial charge in [0.25, 0.3) is 10.0 Å². The lowest BCUT2D eigenvalue weighted by Crippen LogP contribution is -2.53. The van der Waals surface area contributed by atoms with E-state index in [2.05, 4.69) is 5.32 Å². The van der Waals surface area contributed by atoms with Crippen molar-refractivity contribution in [3.8, 4) is 0 Å². The average Bonchev–Trinajstić information content (AvgIpc) is 2.93. The van der Waals surface area contributed by atoms with Gasteiger partial charge in [-0.25, -0.2) is 8.42 Å². The van der Waals surface area contributed by atoms with E-state index in [9.17, 15) is 18.0 Å². The summed E-state index contributed by atoms with van der Waals surface area (Å²) in [5.74, 6) is -0.788. The molecule has 3 aromatic rings. The standard InChI is InChI=1S/C30H36ClN3O4S/c1-5-23(4)32-30(36)27(6-2)33(20-24-18-16-22(3)17-19-24)29(35)21-34(28-15-11-10-14-26(28)31)39(37,38)25-12-8-7-9-13-25/h7-19,23,27H,5-6,20-21H2,1-4H3,(H,32,36)/t23-,27-/m0/s1. The van der Waals surface area contributed by atoms with Crippen molar-refractivity contribution >= 4 is 39.1 Å². The number of carbonyl (C=O) groups is 2. The minimum atomic E-state index is -4.16. The summed E-state index contributed by atoms with van der Waals surface area (Å²) in [6.45, 7) is 7.30. The third kappa shape index (κ3) is 7.61. The molecule has 0 radical (unpaired) electrons. The number of nitrogens with one attached hydrogen (secondary N) is 1. The molecule has 2 amide bonds. The van der Waals surface area contributed by atoms with Crippen LogP contribution in [0.5, 0.6) is 0 Å². The Kier molecular flexibility index (Phi) is 10.5. The summed E-state index contributed by atoms with van der Waals surface area (Å²) in [4.78, 5) is 28.8. The molecule has 1 N–H and O–H groups in total. The van der Waals surface area contributed by atoms with Gasteiger partial charge in [-0.3, -0.25) is 13.9 Å². The van der Waals surface area contributed by atoms with Gasteiger partial charge in [0.2, 0.25) is 11.8 Å². The third-order valence-electron chi connectivity index (χ3n) is 6.59. The summed E-state index contributed by atoms with van der Waals surface area (Å²) in [5.41, 5.74) is 2.08. The van der Waals surface area contributed by atoms with Gasteiger partial charge < -0.3 is 10.2 Å². The molecule has 3 rings (SSSR count). The number of halogens is 1. The number of rotatable bonds is 12. The second-order valence-electron chi connectivity index (χ2n) is 9.53. The van der Waals surface area contributed by atoms with Crippen LogP contribution in [0.15, 0.2) is 83.8 Å². The quantitative estimate of drug-likeness (QED) is 0.309. The molecular weight excluding hydrogens is 534 g/mol. The Morgan fingerprint density at radius 1 is 0.897 bits per heavy atom. The summed E-state index contributed by atoms with van der Waals surface area (Å²) in [6.07, 6.45) is 1.10. The van der Waals surface area contributed by atoms with Gasteiger partial charge in [-0.05, 0) is 56.5 Å². The maximum Gasteiger partial charge on any atom is 0.264 e. The maximum absolute atomic E-state index is 14.0. The van der Waals surface area contributed by atoms with E-state index in [1.54, 1.807) is 42.5 Å². The number of hydrogen-bond acceptors (Lipinski definition) is 4. The zero-order valence-electron chi connectivity index (χ0n) is 22.8. The van der Waals surface area contributed by atoms with Crippen molar-refractivity contribution in [1.82, 2.24) is 10.2 Å². The molecule has 0 spiro atoms. The van der Waals surface area contributed by atoms with Gasteiger partial charge in [-0.1, -0.05) is 85.6 Å². The van der Waals surface area contributed by atoms with Crippen LogP contribution >= 0.6 is 11.6 Å². The first-order valence-corrected chi connectivity index (χ1v) is 14.9. The van der Waals surface area contributed by atoms with Crippen LogP contribution in [0.4, 0.5) is 5.69 Å². The molecule has 0 aliphatic rings. The largest absolute Gasteiger partial charge is 0.352 e. The van der Waals surface area contributed by atoms with E-state index in [-0.39, 0.29) is 34.1 Å². The molecule has 0 aliphatic heterocycles. The van der Waals surface area contributed by atoms with Crippen molar-refractivity contribution in [2.75, 3.05) is 10.8 Å². The highest BCUT2D eigenvalue weighted by molar-refractivity contribution is 7.92. The summed E-state index contributed by atoms with van der Waals surface area (Å²) in [5, 5.41) is 3.17. The molecule has 9 heteroatoms. The molecule has 2 atom stereocenters. The monoisotopic (exact) mass is 569 g/mol. The normalized spacial score (nSPS) is 12.8. The molecule has 0 aliphatic carbocycles. The number of anilines is 1. The number of nitrogens with zero attached hydrogens (tertiary/aromatic N) is 2. The van der Waals surface area contributed by atoms with Gasteiger partial charge in [0.05, 0.1) is 15.6 Å². The van der Waals surface area contributed by atoms with Gasteiger partial charge in [-0.2, -0.15) is 0 Å². The Labute approximate surface area is 236 Å². The van der Waals surface area contributed by atoms with Crippen LogP contribution in [0, 0.1) is 6.92 Å². The van der Waals surface area contributed by atoms with E-state index in [1.165, 1.54) is 17.0 Å². The second-order valence-corrected chi connectivity index (χ2v) is 11.8. The second kappa shape index (κ2) is 13.6. The lowest BCUT2D eigenvalue weighted by molar-refractivity contribution is -0.140. The fourth-order valence-corrected chi connectivity index (χ4v) is 5.88. The smallest absolute Gasteiger partial charge is 0.264 e. The molecule has 0 saturated carbocycles. The molecule has 0 bridgehead atoms. The van der Waals surface area contributed by atoms with Crippen LogP contribution in [0.2, 0.25) is 5.02 Å². The fourth-order valence-electron chi connectivity index (χ4n) is 4.14. The lowest BCUT2D eigenvalue weighted by Gasteiger charge is -2.34. The van der Waals surface area contributed by atoms with Crippen molar-refractivity contribution in [2.45, 2.75) is 64.1 Å². The molecule has 7 nitrogen and oxygen atoms in total. The van der Waals surface area contributed by atoms with E-state index >= 15 is 0 Å². The third-order valence-corrected chi connectivity index (χ3v) is 8.69. The minimum absolute atomic E-state index is 0.0318. The van der Waals surface area contributed by atoms with Crippen LogP contribution in [-0.4, -0.2) is 43.8 Å². The number of benzene rings is 3. The SMILES string of the molecule is CC[C@H](C)NC(=O)[C@H](CC)N(Cc1ccc(C)cc1)C(=O)CN(c1ccccc1Cl)S(=O)(=O)c1ccccc1. The highest BCUT2D eigenvalue weighted by Crippen LogP contribution is 2.30. The molecule has 0 fully saturated rings. The summed E-state index contributed by atoms with van der Waals surface area (Å²) < 4.78 is 28.6. The van der Waals surface area contributed by atoms with Gasteiger partial charge >= 0.3 is 0 Å². The number of hydrogen-bond donors (Lipinski definition) is 1. The highest BCUT2D eigenvalue weighted by atomic mass is 35.5. The lowest BCUT2D eigenvalue weighted by atomic mass is 10.1. The first-order valence-electron chi connectivity index (χ1n) is 13.1. The Hall–Kier alpha value is -3.36. The molecule has 39 heavy (non-hydrogen) atoms. The average molecular weight is 570 g/mol. The molecule has 3 aromatic carbocycles. The number of amides is 2. The van der Waals surface area contributed by atoms with Crippen LogP contribution in [0.3, 0.4) is 0 Å². The zero-order chi connectivity index (χ0) is 28.6. The number of para-hydroxylation sites is 1. The van der Waals surface area contributed by atoms with Gasteiger partial charge in [-0.15, -0.1) is 0 Å². The van der Waals surface area contributed by atoms with Crippen LogP contribution < -0.4 is 9.62 Å². The Balaban J connectivity index is 2.05. The molecule has 0 aromatic heterocycles. The Morgan fingerprint density at radius 3 is 2.10 bits per heavy atom. The maximum atomic E-state index is 14.0. The molecule has 0 saturated heterocycles. The first kappa shape index (κ1) is 30.2. The van der Waals surface area contributed by atoms with E-state index in [0.717, 1.165) is 21.9 Å². The van der Waals surface area contributed by atoms with Gasteiger partial charge in [0.1, 0.15) is 12.6 Å². The Morgan fingerprint density at radius 2 is 1.51 bits per heavy atom. The highest BCUT2D eigenvalue weighted by Gasteiger charge is 2.34. The van der Waals surface area contributed by atoms with E-state index < -0.39 is 28.5 Å². The predicted molar refractivity (Wildman–Crippen MR) is 156 cm³/mol. The summed E-state index contributed by atoms with van der Waals surface area (Å²) >= 11 is 6.44. The summed E-state index contributed by atoms with van der Waals surface area (Å²) in [7, 11) is -4.16. The van der Waals surface area contributed by atoms with Gasteiger partial charge in [0.15, 0.2) is 0 Å². The van der Waals surface area contributed by atoms with Crippen molar-refractivity contribution in [3.05, 3.63) is 95.0 Å². The van der Waals surface area contributed by atoms with Crippen molar-refractivity contribution in [3.63, 3.8) is 0 Å². The topological polar surface area (TPSA) is 86.8 Å². The molecule has 0 unspecified atom stereocenters. The Bertz CT molecular complexity index is 1360. The van der Waals surface area contributed by atoms with Gasteiger partial charge in [0, 0.05) is 12.6 Å². The summed E-state index contributed by atoms with van der Waals surface area (Å²) in [6, 6.07) is 21.2. The van der Waals surface area contributed by atoms with Crippen LogP contribution in [-0.2, 0) is 26.2 Å². The predicted octanol–water partition coefficient (Wildman–Crippen LogP) is 5.57. The number of sulfonamides is 1. The molecule has 208 valence electrons. The van der Waals surface area contributed by atoms with Crippen molar-refractivity contribution in [2.24, 2.45) is 0 Å². The fraction of sp³-hybridized carbons (Fsp3) is 0.333. The molecular formula is C30H36ClN3O4S. The van der Waals surface area contributed by atoms with Crippen LogP contribution in [0.1, 0.15) is 44.7 Å². The minimum Gasteiger partial charge on any atom is -0.352 e. The zero-order valence-corrected chi connectivity index (χ0v) is 24.4. The first-order chi connectivity index (χ1) is 18.6. The van der Waals surface area contributed by atoms with E-state index in [0.29, 0.717) is 6.42 Å². The number of carbonyl (C=O) groups excluding carboxylic acids is 2. The van der Waals surface area contributed by atoms with Crippen molar-refractivity contribution in [1.29, 1.82) is 0 Å². The van der Waals surface area contributed by atoms with Crippen molar-refractivity contribution < 1.29 is 18.0 Å². The van der Waals surface area contributed by atoms with E-state index in [1.807, 2.05) is 52.0 Å². The number of aryl methyl sites for hydroxylation is 1. The van der Waals surface area contributed by atoms with E-state index in [4.69, 9.17) is 11.6 Å². The molecule has 0 heterocycles. The van der Waals surface area contributed by atoms with Crippen LogP contribution in [0.25, 0.3) is 0 Å².